The highest BCUT2D eigenvalue weighted by Gasteiger charge is 2.32. The topological polar surface area (TPSA) is 38.5 Å². The van der Waals surface area contributed by atoms with Crippen LogP contribution in [0.25, 0.3) is 0 Å². The normalized spacial score (nSPS) is 20.7. The minimum Gasteiger partial charge on any atom is -0.494 e. The molecule has 0 amide bonds. The maximum absolute atomic E-state index is 6.26. The molecule has 3 nitrogen and oxygen atoms in total. The Morgan fingerprint density at radius 3 is 2.74 bits per heavy atom. The van der Waals surface area contributed by atoms with Gasteiger partial charge in [0.2, 0.25) is 0 Å². The van der Waals surface area contributed by atoms with E-state index in [1.54, 1.807) is 0 Å². The van der Waals surface area contributed by atoms with Crippen molar-refractivity contribution < 1.29 is 4.74 Å². The van der Waals surface area contributed by atoms with E-state index in [9.17, 15) is 0 Å². The highest BCUT2D eigenvalue weighted by molar-refractivity contribution is 5.40. The molecule has 0 aromatic heterocycles. The standard InChI is InChI=1S/C20H34N2O/c1-5-23-20-10-9-16(4)12-17(20)18(13-21)19-8-6-7-11-22(19)14-15(2)3/h9-10,12,15,18-19H,5-8,11,13-14,21H2,1-4H3. The minimum absolute atomic E-state index is 0.357. The molecule has 1 heterocycles. The van der Waals surface area contributed by atoms with Crippen LogP contribution < -0.4 is 10.5 Å². The molecule has 2 atom stereocenters. The van der Waals surface area contributed by atoms with Gasteiger partial charge in [0.25, 0.3) is 0 Å². The number of hydrogen-bond acceptors (Lipinski definition) is 3. The average molecular weight is 319 g/mol. The third-order valence-electron chi connectivity index (χ3n) is 4.85. The van der Waals surface area contributed by atoms with Crippen LogP contribution in [0.1, 0.15) is 57.1 Å². The number of nitrogens with two attached hydrogens (primary N) is 1. The molecule has 0 radical (unpaired) electrons. The molecule has 0 bridgehead atoms. The fourth-order valence-electron chi connectivity index (χ4n) is 3.90. The van der Waals surface area contributed by atoms with Crippen molar-refractivity contribution >= 4 is 0 Å². The second-order valence-corrected chi connectivity index (χ2v) is 7.27. The summed E-state index contributed by atoms with van der Waals surface area (Å²) in [4.78, 5) is 2.67. The molecule has 1 aromatic rings. The molecule has 2 N–H and O–H groups in total. The van der Waals surface area contributed by atoms with Crippen molar-refractivity contribution in [2.24, 2.45) is 11.7 Å². The first kappa shape index (κ1) is 18.3. The average Bonchev–Trinajstić information content (AvgIpc) is 2.52. The van der Waals surface area contributed by atoms with E-state index in [1.807, 2.05) is 6.92 Å². The van der Waals surface area contributed by atoms with Crippen LogP contribution in [0.4, 0.5) is 0 Å². The van der Waals surface area contributed by atoms with Crippen LogP contribution in [-0.4, -0.2) is 37.2 Å². The highest BCUT2D eigenvalue weighted by atomic mass is 16.5. The zero-order chi connectivity index (χ0) is 16.8. The first-order chi connectivity index (χ1) is 11.1. The number of piperidine rings is 1. The summed E-state index contributed by atoms with van der Waals surface area (Å²) in [5.41, 5.74) is 8.85. The van der Waals surface area contributed by atoms with Gasteiger partial charge in [0.1, 0.15) is 5.75 Å². The number of ether oxygens (including phenoxy) is 1. The Morgan fingerprint density at radius 1 is 1.30 bits per heavy atom. The second-order valence-electron chi connectivity index (χ2n) is 7.27. The number of aryl methyl sites for hydroxylation is 1. The van der Waals surface area contributed by atoms with Gasteiger partial charge in [-0.1, -0.05) is 38.0 Å². The van der Waals surface area contributed by atoms with Gasteiger partial charge in [-0.05, 0) is 45.2 Å². The predicted molar refractivity (Wildman–Crippen MR) is 98.2 cm³/mol. The SMILES string of the molecule is CCOc1ccc(C)cc1C(CN)C1CCCCN1CC(C)C. The fraction of sp³-hybridized carbons (Fsp3) is 0.700. The summed E-state index contributed by atoms with van der Waals surface area (Å²) in [6.07, 6.45) is 3.87. The van der Waals surface area contributed by atoms with Gasteiger partial charge in [-0.25, -0.2) is 0 Å². The van der Waals surface area contributed by atoms with Crippen LogP contribution in [-0.2, 0) is 0 Å². The lowest BCUT2D eigenvalue weighted by molar-refractivity contribution is 0.111. The second kappa shape index (κ2) is 8.70. The van der Waals surface area contributed by atoms with Crippen molar-refractivity contribution in [1.29, 1.82) is 0 Å². The van der Waals surface area contributed by atoms with Crippen LogP contribution in [0.3, 0.4) is 0 Å². The summed E-state index contributed by atoms with van der Waals surface area (Å²) in [5.74, 6) is 2.07. The molecular formula is C20H34N2O. The highest BCUT2D eigenvalue weighted by Crippen LogP contribution is 2.35. The Hall–Kier alpha value is -1.06. The van der Waals surface area contributed by atoms with Gasteiger partial charge >= 0.3 is 0 Å². The molecule has 23 heavy (non-hydrogen) atoms. The van der Waals surface area contributed by atoms with Crippen LogP contribution in [0.15, 0.2) is 18.2 Å². The summed E-state index contributed by atoms with van der Waals surface area (Å²) < 4.78 is 5.91. The Bertz CT molecular complexity index is 487. The Morgan fingerprint density at radius 2 is 2.09 bits per heavy atom. The molecule has 1 aliphatic heterocycles. The van der Waals surface area contributed by atoms with Gasteiger partial charge in [0.05, 0.1) is 6.61 Å². The molecule has 3 heteroatoms. The molecule has 130 valence electrons. The van der Waals surface area contributed by atoms with Crippen LogP contribution >= 0.6 is 0 Å². The van der Waals surface area contributed by atoms with E-state index < -0.39 is 0 Å². The number of hydrogen-bond donors (Lipinski definition) is 1. The zero-order valence-electron chi connectivity index (χ0n) is 15.3. The van der Waals surface area contributed by atoms with Crippen LogP contribution in [0, 0.1) is 12.8 Å². The maximum atomic E-state index is 6.26. The molecule has 1 aromatic carbocycles. The molecule has 2 rings (SSSR count). The molecular weight excluding hydrogens is 284 g/mol. The van der Waals surface area contributed by atoms with Crippen molar-refractivity contribution in [1.82, 2.24) is 4.90 Å². The van der Waals surface area contributed by atoms with E-state index in [-0.39, 0.29) is 0 Å². The van der Waals surface area contributed by atoms with E-state index >= 15 is 0 Å². The lowest BCUT2D eigenvalue weighted by atomic mass is 9.83. The summed E-state index contributed by atoms with van der Waals surface area (Å²) in [7, 11) is 0. The van der Waals surface area contributed by atoms with E-state index in [1.165, 1.54) is 36.9 Å². The summed E-state index contributed by atoms with van der Waals surface area (Å²) in [5, 5.41) is 0. The minimum atomic E-state index is 0.357. The van der Waals surface area contributed by atoms with Gasteiger partial charge in [0.15, 0.2) is 0 Å². The number of benzene rings is 1. The number of nitrogens with zero attached hydrogens (tertiary/aromatic N) is 1. The first-order valence-corrected chi connectivity index (χ1v) is 9.24. The molecule has 1 saturated heterocycles. The van der Waals surface area contributed by atoms with E-state index in [0.717, 1.165) is 12.3 Å². The lowest BCUT2D eigenvalue weighted by Gasteiger charge is -2.41. The number of likely N-dealkylation sites (tertiary alicyclic amines) is 1. The first-order valence-electron chi connectivity index (χ1n) is 9.24. The van der Waals surface area contributed by atoms with Gasteiger partial charge < -0.3 is 10.5 Å². The van der Waals surface area contributed by atoms with Crippen molar-refractivity contribution in [2.75, 3.05) is 26.2 Å². The van der Waals surface area contributed by atoms with Crippen LogP contribution in [0.5, 0.6) is 5.75 Å². The van der Waals surface area contributed by atoms with Crippen molar-refractivity contribution in [3.63, 3.8) is 0 Å². The zero-order valence-corrected chi connectivity index (χ0v) is 15.3. The molecule has 0 saturated carbocycles. The van der Waals surface area contributed by atoms with Gasteiger partial charge in [-0.3, -0.25) is 4.90 Å². The Kier molecular flexibility index (Phi) is 6.91. The molecule has 0 aliphatic carbocycles. The third kappa shape index (κ3) is 4.71. The lowest BCUT2D eigenvalue weighted by Crippen LogP contribution is -2.46. The largest absolute Gasteiger partial charge is 0.494 e. The fourth-order valence-corrected chi connectivity index (χ4v) is 3.90. The Balaban J connectivity index is 2.31. The van der Waals surface area contributed by atoms with Gasteiger partial charge in [0, 0.05) is 30.6 Å². The smallest absolute Gasteiger partial charge is 0.122 e. The maximum Gasteiger partial charge on any atom is 0.122 e. The summed E-state index contributed by atoms with van der Waals surface area (Å²) in [6.45, 7) is 12.6. The quantitative estimate of drug-likeness (QED) is 0.827. The van der Waals surface area contributed by atoms with Gasteiger partial charge in [-0.2, -0.15) is 0 Å². The number of rotatable bonds is 7. The van der Waals surface area contributed by atoms with Crippen molar-refractivity contribution in [3.8, 4) is 5.75 Å². The summed E-state index contributed by atoms with van der Waals surface area (Å²) >= 11 is 0. The van der Waals surface area contributed by atoms with Gasteiger partial charge in [-0.15, -0.1) is 0 Å². The van der Waals surface area contributed by atoms with Crippen molar-refractivity contribution in [3.05, 3.63) is 29.3 Å². The molecule has 0 spiro atoms. The monoisotopic (exact) mass is 318 g/mol. The van der Waals surface area contributed by atoms with E-state index in [2.05, 4.69) is 43.9 Å². The third-order valence-corrected chi connectivity index (χ3v) is 4.85. The van der Waals surface area contributed by atoms with E-state index in [0.29, 0.717) is 31.0 Å². The van der Waals surface area contributed by atoms with Crippen molar-refractivity contribution in [2.45, 2.75) is 58.9 Å². The summed E-state index contributed by atoms with van der Waals surface area (Å²) in [6, 6.07) is 7.07. The van der Waals surface area contributed by atoms with Crippen LogP contribution in [0.2, 0.25) is 0 Å². The molecule has 1 fully saturated rings. The predicted octanol–water partition coefficient (Wildman–Crippen LogP) is 3.95. The molecule has 2 unspecified atom stereocenters. The Labute approximate surface area is 142 Å². The van der Waals surface area contributed by atoms with E-state index in [4.69, 9.17) is 10.5 Å². The molecule has 1 aliphatic rings.